The van der Waals surface area contributed by atoms with E-state index in [-0.39, 0.29) is 11.7 Å². The molecule has 0 radical (unpaired) electrons. The second-order valence-corrected chi connectivity index (χ2v) is 8.90. The maximum absolute atomic E-state index is 13.0. The zero-order valence-corrected chi connectivity index (χ0v) is 18.6. The standard InChI is InChI=1S/C19H16BrNO3S3/c1-3-24-16-7-11(14(20)10-15(16)22)8-17-18(23)21(19(25)27-17)12-5-4-6-13(9-12)26-2/h4-10,22H,3H2,1-2H3/b17-8-. The van der Waals surface area contributed by atoms with E-state index in [1.54, 1.807) is 34.9 Å². The number of carbonyl (C=O) groups excluding carboxylic acids is 1. The lowest BCUT2D eigenvalue weighted by Crippen LogP contribution is -2.27. The van der Waals surface area contributed by atoms with E-state index in [0.29, 0.717) is 26.1 Å². The van der Waals surface area contributed by atoms with Crippen LogP contribution in [0.3, 0.4) is 0 Å². The molecule has 0 atom stereocenters. The van der Waals surface area contributed by atoms with Crippen LogP contribution in [0.4, 0.5) is 5.69 Å². The van der Waals surface area contributed by atoms with E-state index in [2.05, 4.69) is 15.9 Å². The fraction of sp³-hybridized carbons (Fsp3) is 0.158. The van der Waals surface area contributed by atoms with Crippen LogP contribution in [0.25, 0.3) is 6.08 Å². The van der Waals surface area contributed by atoms with Crippen LogP contribution in [-0.2, 0) is 4.79 Å². The van der Waals surface area contributed by atoms with Crippen molar-refractivity contribution in [3.8, 4) is 11.5 Å². The van der Waals surface area contributed by atoms with Crippen LogP contribution in [0.2, 0.25) is 0 Å². The molecule has 0 saturated carbocycles. The molecule has 1 aliphatic heterocycles. The minimum atomic E-state index is -0.166. The zero-order valence-electron chi connectivity index (χ0n) is 14.6. The van der Waals surface area contributed by atoms with Crippen LogP contribution in [0, 0.1) is 0 Å². The highest BCUT2D eigenvalue weighted by Crippen LogP contribution is 2.39. The number of phenolic OH excluding ortho intramolecular Hbond substituents is 1. The van der Waals surface area contributed by atoms with Crippen molar-refractivity contribution in [2.24, 2.45) is 0 Å². The molecule has 1 saturated heterocycles. The monoisotopic (exact) mass is 481 g/mol. The Balaban J connectivity index is 1.96. The van der Waals surface area contributed by atoms with Crippen molar-refractivity contribution in [2.75, 3.05) is 17.8 Å². The number of hydrogen-bond donors (Lipinski definition) is 1. The summed E-state index contributed by atoms with van der Waals surface area (Å²) in [5.41, 5.74) is 1.49. The molecule has 0 unspecified atom stereocenters. The van der Waals surface area contributed by atoms with E-state index in [1.807, 2.05) is 37.4 Å². The maximum atomic E-state index is 13.0. The Morgan fingerprint density at radius 2 is 2.15 bits per heavy atom. The number of halogens is 1. The van der Waals surface area contributed by atoms with Crippen molar-refractivity contribution in [1.82, 2.24) is 0 Å². The summed E-state index contributed by atoms with van der Waals surface area (Å²) < 4.78 is 6.59. The Morgan fingerprint density at radius 3 is 2.85 bits per heavy atom. The summed E-state index contributed by atoms with van der Waals surface area (Å²) in [7, 11) is 0. The molecular weight excluding hydrogens is 466 g/mol. The molecule has 0 spiro atoms. The van der Waals surface area contributed by atoms with Crippen LogP contribution in [0.5, 0.6) is 11.5 Å². The summed E-state index contributed by atoms with van der Waals surface area (Å²) in [6.45, 7) is 2.28. The summed E-state index contributed by atoms with van der Waals surface area (Å²) in [4.78, 5) is 16.1. The lowest BCUT2D eigenvalue weighted by molar-refractivity contribution is -0.113. The molecule has 4 nitrogen and oxygen atoms in total. The van der Waals surface area contributed by atoms with Crippen LogP contribution in [0.15, 0.2) is 50.7 Å². The predicted octanol–water partition coefficient (Wildman–Crippen LogP) is 5.68. The highest BCUT2D eigenvalue weighted by molar-refractivity contribution is 9.10. The third kappa shape index (κ3) is 4.34. The fourth-order valence-corrected chi connectivity index (χ4v) is 4.71. The Hall–Kier alpha value is -1.48. The molecule has 1 aliphatic rings. The maximum Gasteiger partial charge on any atom is 0.270 e. The first kappa shape index (κ1) is 20.3. The van der Waals surface area contributed by atoms with Gasteiger partial charge < -0.3 is 9.84 Å². The predicted molar refractivity (Wildman–Crippen MR) is 121 cm³/mol. The SMILES string of the molecule is CCOc1cc(/C=C2\SC(=S)N(c3cccc(SC)c3)C2=O)c(Br)cc1O. The summed E-state index contributed by atoms with van der Waals surface area (Å²) in [6.07, 6.45) is 3.74. The highest BCUT2D eigenvalue weighted by Gasteiger charge is 2.33. The van der Waals surface area contributed by atoms with E-state index in [9.17, 15) is 9.90 Å². The molecular formula is C19H16BrNO3S3. The van der Waals surface area contributed by atoms with Crippen molar-refractivity contribution in [3.05, 3.63) is 51.3 Å². The number of amides is 1. The van der Waals surface area contributed by atoms with Gasteiger partial charge in [-0.3, -0.25) is 9.69 Å². The van der Waals surface area contributed by atoms with Gasteiger partial charge in [0, 0.05) is 9.37 Å². The van der Waals surface area contributed by atoms with E-state index in [0.717, 1.165) is 16.1 Å². The van der Waals surface area contributed by atoms with Gasteiger partial charge in [-0.2, -0.15) is 0 Å². The summed E-state index contributed by atoms with van der Waals surface area (Å²) in [5.74, 6) is 0.249. The van der Waals surface area contributed by atoms with Crippen LogP contribution in [0.1, 0.15) is 12.5 Å². The Labute approximate surface area is 180 Å². The molecule has 1 amide bonds. The fourth-order valence-electron chi connectivity index (χ4n) is 2.52. The Bertz CT molecular complexity index is 946. The van der Waals surface area contributed by atoms with Gasteiger partial charge in [0.15, 0.2) is 15.8 Å². The number of hydrogen-bond acceptors (Lipinski definition) is 6. The minimum Gasteiger partial charge on any atom is -0.504 e. The lowest BCUT2D eigenvalue weighted by atomic mass is 10.2. The first-order valence-corrected chi connectivity index (χ1v) is 11.3. The lowest BCUT2D eigenvalue weighted by Gasteiger charge is -2.15. The van der Waals surface area contributed by atoms with Gasteiger partial charge in [-0.15, -0.1) is 11.8 Å². The van der Waals surface area contributed by atoms with Gasteiger partial charge in [-0.25, -0.2) is 0 Å². The second kappa shape index (κ2) is 8.68. The number of anilines is 1. The number of thioether (sulfide) groups is 2. The number of thiocarbonyl (C=S) groups is 1. The van der Waals surface area contributed by atoms with Gasteiger partial charge in [0.1, 0.15) is 0 Å². The second-order valence-electron chi connectivity index (χ2n) is 5.49. The average Bonchev–Trinajstić information content (AvgIpc) is 2.92. The largest absolute Gasteiger partial charge is 0.504 e. The molecule has 0 aromatic heterocycles. The average molecular weight is 482 g/mol. The molecule has 3 rings (SSSR count). The Morgan fingerprint density at radius 1 is 1.37 bits per heavy atom. The topological polar surface area (TPSA) is 49.8 Å². The molecule has 1 N–H and O–H groups in total. The van der Waals surface area contributed by atoms with Crippen molar-refractivity contribution < 1.29 is 14.6 Å². The number of rotatable bonds is 5. The molecule has 8 heteroatoms. The van der Waals surface area contributed by atoms with Gasteiger partial charge in [0.05, 0.1) is 17.2 Å². The van der Waals surface area contributed by atoms with Gasteiger partial charge in [-0.1, -0.05) is 46.0 Å². The molecule has 27 heavy (non-hydrogen) atoms. The number of phenols is 1. The third-order valence-corrected chi connectivity index (χ3v) is 6.48. The molecule has 0 aliphatic carbocycles. The number of carbonyl (C=O) groups is 1. The Kier molecular flexibility index (Phi) is 6.52. The van der Waals surface area contributed by atoms with Crippen LogP contribution in [-0.4, -0.2) is 28.2 Å². The molecule has 1 fully saturated rings. The third-order valence-electron chi connectivity index (χ3n) is 3.77. The summed E-state index contributed by atoms with van der Waals surface area (Å²) >= 11 is 11.7. The van der Waals surface area contributed by atoms with Crippen LogP contribution >= 0.6 is 51.7 Å². The van der Waals surface area contributed by atoms with Gasteiger partial charge in [-0.05, 0) is 55.2 Å². The number of benzene rings is 2. The number of nitrogens with zero attached hydrogens (tertiary/aromatic N) is 1. The quantitative estimate of drug-likeness (QED) is 0.336. The van der Waals surface area contributed by atoms with Crippen LogP contribution < -0.4 is 9.64 Å². The van der Waals surface area contributed by atoms with Crippen molar-refractivity contribution in [1.29, 1.82) is 0 Å². The van der Waals surface area contributed by atoms with Gasteiger partial charge in [0.25, 0.3) is 5.91 Å². The number of ether oxygens (including phenoxy) is 1. The summed E-state index contributed by atoms with van der Waals surface area (Å²) in [6, 6.07) is 11.0. The van der Waals surface area contributed by atoms with Crippen molar-refractivity contribution in [2.45, 2.75) is 11.8 Å². The van der Waals surface area contributed by atoms with Crippen molar-refractivity contribution >= 4 is 73.7 Å². The molecule has 0 bridgehead atoms. The molecule has 140 valence electrons. The molecule has 1 heterocycles. The van der Waals surface area contributed by atoms with E-state index >= 15 is 0 Å². The minimum absolute atomic E-state index is 0.0438. The van der Waals surface area contributed by atoms with E-state index in [4.69, 9.17) is 17.0 Å². The highest BCUT2D eigenvalue weighted by atomic mass is 79.9. The van der Waals surface area contributed by atoms with Crippen molar-refractivity contribution in [3.63, 3.8) is 0 Å². The van der Waals surface area contributed by atoms with E-state index < -0.39 is 0 Å². The van der Waals surface area contributed by atoms with E-state index in [1.165, 1.54) is 11.8 Å². The number of aromatic hydroxyl groups is 1. The molecule has 2 aromatic rings. The first-order chi connectivity index (χ1) is 12.9. The van der Waals surface area contributed by atoms with Gasteiger partial charge in [0.2, 0.25) is 0 Å². The first-order valence-electron chi connectivity index (χ1n) is 8.02. The normalized spacial score (nSPS) is 15.7. The zero-order chi connectivity index (χ0) is 19.6. The van der Waals surface area contributed by atoms with Gasteiger partial charge >= 0.3 is 0 Å². The smallest absolute Gasteiger partial charge is 0.270 e. The molecule has 2 aromatic carbocycles. The summed E-state index contributed by atoms with van der Waals surface area (Å²) in [5, 5.41) is 9.96.